The fraction of sp³-hybridized carbons (Fsp3) is 0.571. The Balaban J connectivity index is 1.63. The molecule has 2 unspecified atom stereocenters. The Bertz CT molecular complexity index is 753. The van der Waals surface area contributed by atoms with E-state index in [1.54, 1.807) is 23.7 Å². The molecule has 2 saturated heterocycles. The van der Waals surface area contributed by atoms with Crippen LogP contribution in [-0.4, -0.2) is 44.4 Å². The average molecular weight is 321 g/mol. The Morgan fingerprint density at radius 2 is 1.86 bits per heavy atom. The molecule has 7 nitrogen and oxygen atoms in total. The van der Waals surface area contributed by atoms with Crippen molar-refractivity contribution in [1.82, 2.24) is 23.9 Å². The van der Waals surface area contributed by atoms with Gasteiger partial charge in [-0.3, -0.25) is 9.36 Å². The van der Waals surface area contributed by atoms with Crippen LogP contribution in [0.3, 0.4) is 0 Å². The molecule has 0 aliphatic carbocycles. The molecule has 0 spiro atoms. The molecule has 8 heteroatoms. The number of nitrogens with zero attached hydrogens (tertiary/aromatic N) is 5. The largest absolute Gasteiger partial charge is 0.274 e. The van der Waals surface area contributed by atoms with Crippen LogP contribution >= 0.6 is 0 Å². The number of hydrogen-bond acceptors (Lipinski definition) is 4. The molecule has 2 aliphatic heterocycles. The van der Waals surface area contributed by atoms with E-state index in [9.17, 15) is 8.42 Å². The van der Waals surface area contributed by atoms with Crippen LogP contribution in [0.15, 0.2) is 35.7 Å². The number of hydrogen-bond donors (Lipinski definition) is 0. The third-order valence-electron chi connectivity index (χ3n) is 4.80. The van der Waals surface area contributed by atoms with Gasteiger partial charge in [-0.1, -0.05) is 0 Å². The summed E-state index contributed by atoms with van der Waals surface area (Å²) < 4.78 is 31.0. The van der Waals surface area contributed by atoms with Crippen LogP contribution < -0.4 is 0 Å². The number of fused-ring (bicyclic) bond motifs is 2. The van der Waals surface area contributed by atoms with Crippen LogP contribution in [0.4, 0.5) is 0 Å². The van der Waals surface area contributed by atoms with Gasteiger partial charge < -0.3 is 0 Å². The highest BCUT2D eigenvalue weighted by Gasteiger charge is 2.47. The number of aromatic nitrogens is 4. The first-order valence-corrected chi connectivity index (χ1v) is 9.01. The van der Waals surface area contributed by atoms with Crippen LogP contribution in [0.25, 0.3) is 0 Å². The Labute approximate surface area is 129 Å². The minimum absolute atomic E-state index is 0.0677. The van der Waals surface area contributed by atoms with Crippen molar-refractivity contribution in [3.63, 3.8) is 0 Å². The van der Waals surface area contributed by atoms with Crippen molar-refractivity contribution in [2.45, 2.75) is 48.7 Å². The predicted octanol–water partition coefficient (Wildman–Crippen LogP) is 1.17. The summed E-state index contributed by atoms with van der Waals surface area (Å²) in [6.45, 7) is 0. The summed E-state index contributed by atoms with van der Waals surface area (Å²) in [5.41, 5.74) is 0. The van der Waals surface area contributed by atoms with Crippen molar-refractivity contribution in [3.8, 4) is 0 Å². The van der Waals surface area contributed by atoms with Gasteiger partial charge in [0.2, 0.25) is 10.0 Å². The zero-order chi connectivity index (χ0) is 15.3. The van der Waals surface area contributed by atoms with E-state index in [0.29, 0.717) is 10.9 Å². The maximum atomic E-state index is 12.9. The zero-order valence-corrected chi connectivity index (χ0v) is 13.2. The van der Waals surface area contributed by atoms with Gasteiger partial charge in [0.1, 0.15) is 4.90 Å². The summed E-state index contributed by atoms with van der Waals surface area (Å²) in [4.78, 5) is 0.296. The van der Waals surface area contributed by atoms with Crippen molar-refractivity contribution in [3.05, 3.63) is 30.9 Å². The van der Waals surface area contributed by atoms with Crippen molar-refractivity contribution < 1.29 is 8.42 Å². The minimum atomic E-state index is -3.45. The Morgan fingerprint density at radius 3 is 2.41 bits per heavy atom. The van der Waals surface area contributed by atoms with Gasteiger partial charge in [-0.2, -0.15) is 14.5 Å². The van der Waals surface area contributed by atoms with Crippen molar-refractivity contribution in [2.24, 2.45) is 7.05 Å². The van der Waals surface area contributed by atoms with Crippen LogP contribution in [-0.2, 0) is 17.1 Å². The first-order valence-electron chi connectivity index (χ1n) is 7.57. The minimum Gasteiger partial charge on any atom is -0.274 e. The van der Waals surface area contributed by atoms with E-state index in [0.717, 1.165) is 25.7 Å². The quantitative estimate of drug-likeness (QED) is 0.851. The number of aryl methyl sites for hydroxylation is 1. The van der Waals surface area contributed by atoms with Gasteiger partial charge in [0, 0.05) is 37.7 Å². The summed E-state index contributed by atoms with van der Waals surface area (Å²) in [5, 5.41) is 8.32. The molecule has 2 aromatic heterocycles. The van der Waals surface area contributed by atoms with E-state index in [2.05, 4.69) is 10.2 Å². The second-order valence-electron chi connectivity index (χ2n) is 6.18. The molecule has 22 heavy (non-hydrogen) atoms. The third kappa shape index (κ3) is 2.09. The summed E-state index contributed by atoms with van der Waals surface area (Å²) in [7, 11) is -1.72. The second-order valence-corrected chi connectivity index (χ2v) is 8.02. The molecule has 0 N–H and O–H groups in total. The van der Waals surface area contributed by atoms with Gasteiger partial charge in [0.05, 0.1) is 12.2 Å². The second kappa shape index (κ2) is 4.92. The number of sulfonamides is 1. The molecule has 4 heterocycles. The van der Waals surface area contributed by atoms with Gasteiger partial charge in [-0.05, 0) is 31.7 Å². The molecule has 0 saturated carbocycles. The average Bonchev–Trinajstić information content (AvgIpc) is 3.19. The molecule has 2 aliphatic rings. The lowest BCUT2D eigenvalue weighted by atomic mass is 10.00. The standard InChI is InChI=1S/C14H19N5O2S/c1-17-10-14(9-16-17)22(20,21)19-11-3-4-12(19)8-13(7-11)18-6-2-5-15-18/h2,5-6,9-13H,3-4,7-8H2,1H3. The highest BCUT2D eigenvalue weighted by molar-refractivity contribution is 7.89. The van der Waals surface area contributed by atoms with Crippen LogP contribution in [0.1, 0.15) is 31.7 Å². The van der Waals surface area contributed by atoms with E-state index in [-0.39, 0.29) is 12.1 Å². The lowest BCUT2D eigenvalue weighted by Crippen LogP contribution is -2.46. The topological polar surface area (TPSA) is 73.0 Å². The van der Waals surface area contributed by atoms with E-state index in [1.807, 2.05) is 16.9 Å². The predicted molar refractivity (Wildman–Crippen MR) is 79.5 cm³/mol. The lowest BCUT2D eigenvalue weighted by molar-refractivity contribution is 0.185. The summed E-state index contributed by atoms with van der Waals surface area (Å²) in [5.74, 6) is 0. The lowest BCUT2D eigenvalue weighted by Gasteiger charge is -2.37. The first-order chi connectivity index (χ1) is 10.6. The maximum Gasteiger partial charge on any atom is 0.246 e. The maximum absolute atomic E-state index is 12.9. The van der Waals surface area contributed by atoms with Crippen molar-refractivity contribution in [2.75, 3.05) is 0 Å². The van der Waals surface area contributed by atoms with E-state index < -0.39 is 10.0 Å². The molecule has 0 amide bonds. The normalized spacial score (nSPS) is 29.0. The molecular formula is C14H19N5O2S. The van der Waals surface area contributed by atoms with E-state index in [4.69, 9.17) is 0 Å². The zero-order valence-electron chi connectivity index (χ0n) is 12.4. The molecule has 118 valence electrons. The first kappa shape index (κ1) is 14.0. The molecule has 0 radical (unpaired) electrons. The van der Waals surface area contributed by atoms with Gasteiger partial charge in [0.25, 0.3) is 0 Å². The summed E-state index contributed by atoms with van der Waals surface area (Å²) in [6.07, 6.45) is 10.3. The van der Waals surface area contributed by atoms with E-state index in [1.165, 1.54) is 10.9 Å². The molecular weight excluding hydrogens is 302 g/mol. The van der Waals surface area contributed by atoms with Gasteiger partial charge in [0.15, 0.2) is 0 Å². The van der Waals surface area contributed by atoms with Crippen LogP contribution in [0.5, 0.6) is 0 Å². The summed E-state index contributed by atoms with van der Waals surface area (Å²) >= 11 is 0. The summed E-state index contributed by atoms with van der Waals surface area (Å²) in [6, 6.07) is 2.35. The third-order valence-corrected chi connectivity index (χ3v) is 6.75. The molecule has 2 atom stereocenters. The molecule has 0 aromatic carbocycles. The molecule has 4 rings (SSSR count). The van der Waals surface area contributed by atoms with Gasteiger partial charge in [-0.25, -0.2) is 8.42 Å². The number of piperidine rings is 1. The molecule has 2 aromatic rings. The van der Waals surface area contributed by atoms with Crippen LogP contribution in [0.2, 0.25) is 0 Å². The fourth-order valence-corrected chi connectivity index (χ4v) is 5.74. The fourth-order valence-electron chi connectivity index (χ4n) is 3.86. The smallest absolute Gasteiger partial charge is 0.246 e. The monoisotopic (exact) mass is 321 g/mol. The SMILES string of the molecule is Cn1cc(S(=O)(=O)N2C3CCC2CC(n2cccn2)C3)cn1. The Hall–Kier alpha value is -1.67. The number of rotatable bonds is 3. The van der Waals surface area contributed by atoms with Crippen molar-refractivity contribution >= 4 is 10.0 Å². The Kier molecular flexibility index (Phi) is 3.12. The molecule has 2 bridgehead atoms. The highest BCUT2D eigenvalue weighted by Crippen LogP contribution is 2.43. The van der Waals surface area contributed by atoms with Crippen LogP contribution in [0, 0.1) is 0 Å². The van der Waals surface area contributed by atoms with Gasteiger partial charge >= 0.3 is 0 Å². The van der Waals surface area contributed by atoms with E-state index >= 15 is 0 Å². The van der Waals surface area contributed by atoms with Gasteiger partial charge in [-0.15, -0.1) is 0 Å². The van der Waals surface area contributed by atoms with Crippen molar-refractivity contribution in [1.29, 1.82) is 0 Å². The molecule has 2 fully saturated rings. The highest BCUT2D eigenvalue weighted by atomic mass is 32.2. The Morgan fingerprint density at radius 1 is 1.14 bits per heavy atom.